The Balaban J connectivity index is 0.806. The number of carbonyl (C=O) groups excluding carboxylic acids is 4. The highest BCUT2D eigenvalue weighted by Crippen LogP contribution is 2.42. The second kappa shape index (κ2) is 16.8. The van der Waals surface area contributed by atoms with Crippen molar-refractivity contribution in [2.45, 2.75) is 102 Å². The van der Waals surface area contributed by atoms with Crippen molar-refractivity contribution in [2.75, 3.05) is 36.8 Å². The predicted molar refractivity (Wildman–Crippen MR) is 222 cm³/mol. The Bertz CT molecular complexity index is 2290. The summed E-state index contributed by atoms with van der Waals surface area (Å²) in [6, 6.07) is 11.8. The molecule has 1 saturated carbocycles. The molecule has 2 saturated heterocycles. The molecule has 8 rings (SSSR count). The Labute approximate surface area is 350 Å². The highest BCUT2D eigenvalue weighted by atomic mass is 32.1. The summed E-state index contributed by atoms with van der Waals surface area (Å²) in [4.78, 5) is 63.3. The third kappa shape index (κ3) is 9.05. The number of aliphatic hydroxyl groups is 1. The fraction of sp³-hybridized carbons (Fsp3) is 0.500. The van der Waals surface area contributed by atoms with Crippen LogP contribution in [0.1, 0.15) is 120 Å². The van der Waals surface area contributed by atoms with Crippen molar-refractivity contribution in [3.05, 3.63) is 81.6 Å². The van der Waals surface area contributed by atoms with E-state index < -0.39 is 35.3 Å². The maximum absolute atomic E-state index is 13.5. The third-order valence-corrected chi connectivity index (χ3v) is 13.7. The van der Waals surface area contributed by atoms with Crippen LogP contribution in [0, 0.1) is 11.8 Å². The summed E-state index contributed by atoms with van der Waals surface area (Å²) in [7, 11) is 0. The first-order valence-corrected chi connectivity index (χ1v) is 21.7. The summed E-state index contributed by atoms with van der Waals surface area (Å²) in [6.45, 7) is 7.51. The molecule has 4 aromatic rings. The number of anilines is 2. The van der Waals surface area contributed by atoms with Gasteiger partial charge in [0.1, 0.15) is 17.4 Å². The number of carbonyl (C=O) groups is 4. The summed E-state index contributed by atoms with van der Waals surface area (Å²) in [5.41, 5.74) is 0.851. The normalized spacial score (nSPS) is 21.9. The number of hydrogen-bond acceptors (Lipinski definition) is 10. The molecule has 16 heteroatoms. The van der Waals surface area contributed by atoms with Gasteiger partial charge in [-0.05, 0) is 126 Å². The summed E-state index contributed by atoms with van der Waals surface area (Å²) in [5.74, 6) is -0.159. The molecule has 2 aromatic heterocycles. The molecule has 2 aromatic carbocycles. The maximum atomic E-state index is 13.5. The van der Waals surface area contributed by atoms with Gasteiger partial charge in [-0.2, -0.15) is 13.2 Å². The number of benzene rings is 2. The second-order valence-corrected chi connectivity index (χ2v) is 18.3. The predicted octanol–water partition coefficient (Wildman–Crippen LogP) is 7.44. The van der Waals surface area contributed by atoms with Crippen LogP contribution in [-0.4, -0.2) is 80.7 Å². The standard InChI is InChI=1S/C44H50F3N7O5S/c1-43(2,59)29-21-33-35(22-32(29)50-39(56)31-7-4-8-36(49-31)44(45,46)47)60-41(51-33)27-11-9-26(10-12-27)23-53-19-16-25(17-20-53)15-18-48-30-6-3-5-28-24-54(42(58)38(28)30)34-13-14-37(55)52-40(34)57/h3-8,21-22,25-27,34,48,59H,9-20,23-24H2,1-2H3,(H,50,56)(H,52,55,57). The zero-order chi connectivity index (χ0) is 42.3. The third-order valence-electron chi connectivity index (χ3n) is 12.6. The molecule has 3 fully saturated rings. The van der Waals surface area contributed by atoms with Crippen molar-refractivity contribution in [3.8, 4) is 0 Å². The molecule has 5 heterocycles. The Morgan fingerprint density at radius 3 is 2.40 bits per heavy atom. The van der Waals surface area contributed by atoms with Crippen molar-refractivity contribution in [1.82, 2.24) is 25.1 Å². The van der Waals surface area contributed by atoms with Crippen LogP contribution in [-0.2, 0) is 27.9 Å². The highest BCUT2D eigenvalue weighted by Gasteiger charge is 2.40. The number of amides is 4. The van der Waals surface area contributed by atoms with E-state index in [1.807, 2.05) is 18.2 Å². The lowest BCUT2D eigenvalue weighted by Gasteiger charge is -2.36. The van der Waals surface area contributed by atoms with Gasteiger partial charge in [-0.1, -0.05) is 18.2 Å². The van der Waals surface area contributed by atoms with E-state index in [1.165, 1.54) is 6.07 Å². The molecule has 4 aliphatic rings. The molecule has 0 bridgehead atoms. The molecule has 4 N–H and O–H groups in total. The number of fused-ring (bicyclic) bond motifs is 2. The zero-order valence-electron chi connectivity index (χ0n) is 33.7. The van der Waals surface area contributed by atoms with Gasteiger partial charge < -0.3 is 25.5 Å². The van der Waals surface area contributed by atoms with Crippen LogP contribution < -0.4 is 16.0 Å². The molecule has 4 amide bonds. The number of piperidine rings is 2. The fourth-order valence-electron chi connectivity index (χ4n) is 9.27. The largest absolute Gasteiger partial charge is 0.433 e. The van der Waals surface area contributed by atoms with Gasteiger partial charge in [-0.15, -0.1) is 11.3 Å². The number of likely N-dealkylation sites (tertiary alicyclic amines) is 1. The minimum Gasteiger partial charge on any atom is -0.386 e. The van der Waals surface area contributed by atoms with Gasteiger partial charge >= 0.3 is 6.18 Å². The summed E-state index contributed by atoms with van der Waals surface area (Å²) < 4.78 is 40.6. The first-order valence-electron chi connectivity index (χ1n) is 20.9. The van der Waals surface area contributed by atoms with Gasteiger partial charge in [0.05, 0.1) is 26.4 Å². The highest BCUT2D eigenvalue weighted by molar-refractivity contribution is 7.18. The van der Waals surface area contributed by atoms with E-state index in [4.69, 9.17) is 4.98 Å². The topological polar surface area (TPSA) is 157 Å². The minimum atomic E-state index is -4.69. The summed E-state index contributed by atoms with van der Waals surface area (Å²) >= 11 is 1.55. The van der Waals surface area contributed by atoms with Gasteiger partial charge in [0.2, 0.25) is 11.8 Å². The van der Waals surface area contributed by atoms with Gasteiger partial charge in [0.25, 0.3) is 11.8 Å². The van der Waals surface area contributed by atoms with Crippen molar-refractivity contribution < 1.29 is 37.5 Å². The molecule has 1 aliphatic carbocycles. The molecule has 3 aliphatic heterocycles. The number of pyridine rings is 1. The first kappa shape index (κ1) is 41.8. The van der Waals surface area contributed by atoms with Crippen molar-refractivity contribution in [1.29, 1.82) is 0 Å². The minimum absolute atomic E-state index is 0.165. The summed E-state index contributed by atoms with van der Waals surface area (Å²) in [5, 5.41) is 20.6. The lowest BCUT2D eigenvalue weighted by atomic mass is 9.81. The van der Waals surface area contributed by atoms with Gasteiger partial charge in [-0.3, -0.25) is 24.5 Å². The Morgan fingerprint density at radius 1 is 0.933 bits per heavy atom. The molecular formula is C44H50F3N7O5S. The Hall–Kier alpha value is -4.93. The quantitative estimate of drug-likeness (QED) is 0.113. The zero-order valence-corrected chi connectivity index (χ0v) is 34.6. The fourth-order valence-corrected chi connectivity index (χ4v) is 10.4. The molecule has 318 valence electrons. The number of aromatic nitrogens is 2. The van der Waals surface area contributed by atoms with E-state index in [0.717, 1.165) is 104 Å². The van der Waals surface area contributed by atoms with Crippen LogP contribution in [0.2, 0.25) is 0 Å². The van der Waals surface area contributed by atoms with Crippen molar-refractivity contribution in [3.63, 3.8) is 0 Å². The van der Waals surface area contributed by atoms with E-state index in [-0.39, 0.29) is 23.9 Å². The van der Waals surface area contributed by atoms with Crippen molar-refractivity contribution in [2.24, 2.45) is 11.8 Å². The monoisotopic (exact) mass is 845 g/mol. The van der Waals surface area contributed by atoms with E-state index in [0.29, 0.717) is 53.1 Å². The van der Waals surface area contributed by atoms with E-state index in [2.05, 4.69) is 25.8 Å². The maximum Gasteiger partial charge on any atom is 0.433 e. The molecule has 60 heavy (non-hydrogen) atoms. The molecular weight excluding hydrogens is 796 g/mol. The smallest absolute Gasteiger partial charge is 0.386 e. The summed E-state index contributed by atoms with van der Waals surface area (Å²) in [6.07, 6.45) is 3.40. The Morgan fingerprint density at radius 2 is 1.68 bits per heavy atom. The molecule has 1 unspecified atom stereocenters. The number of rotatable bonds is 11. The number of alkyl halides is 3. The number of halogens is 3. The molecule has 0 spiro atoms. The SMILES string of the molecule is CC(C)(O)c1cc2nc(C3CCC(CN4CCC(CCNc5cccc6c5C(=O)N(C5CCC(=O)NC5=O)C6)CC4)CC3)sc2cc1NC(=O)c1cccc(C(F)(F)F)n1. The lowest BCUT2D eigenvalue weighted by molar-refractivity contribution is -0.141. The van der Waals surface area contributed by atoms with Crippen LogP contribution in [0.15, 0.2) is 48.5 Å². The van der Waals surface area contributed by atoms with Crippen LogP contribution in [0.25, 0.3) is 10.2 Å². The number of nitrogens with zero attached hydrogens (tertiary/aromatic N) is 4. The van der Waals surface area contributed by atoms with Gasteiger partial charge in [-0.25, -0.2) is 9.97 Å². The molecule has 12 nitrogen and oxygen atoms in total. The van der Waals surface area contributed by atoms with E-state index in [9.17, 15) is 37.5 Å². The van der Waals surface area contributed by atoms with Gasteiger partial charge in [0.15, 0.2) is 0 Å². The Kier molecular flexibility index (Phi) is 11.7. The lowest BCUT2D eigenvalue weighted by Crippen LogP contribution is -2.52. The molecule has 1 atom stereocenters. The molecule has 0 radical (unpaired) electrons. The van der Waals surface area contributed by atoms with Crippen LogP contribution in [0.4, 0.5) is 24.5 Å². The number of nitrogens with one attached hydrogen (secondary N) is 3. The van der Waals surface area contributed by atoms with E-state index >= 15 is 0 Å². The number of imide groups is 1. The van der Waals surface area contributed by atoms with Crippen LogP contribution >= 0.6 is 11.3 Å². The average Bonchev–Trinajstić information content (AvgIpc) is 3.78. The van der Waals surface area contributed by atoms with Crippen LogP contribution in [0.3, 0.4) is 0 Å². The van der Waals surface area contributed by atoms with Crippen LogP contribution in [0.5, 0.6) is 0 Å². The van der Waals surface area contributed by atoms with Gasteiger partial charge in [0, 0.05) is 48.9 Å². The number of thiazole rings is 1. The average molecular weight is 846 g/mol. The first-order chi connectivity index (χ1) is 28.6. The van der Waals surface area contributed by atoms with Crippen molar-refractivity contribution >= 4 is 56.6 Å². The second-order valence-electron chi connectivity index (χ2n) is 17.3. The van der Waals surface area contributed by atoms with E-state index in [1.54, 1.807) is 42.2 Å². The number of hydrogen-bond donors (Lipinski definition) is 4.